The van der Waals surface area contributed by atoms with Gasteiger partial charge in [-0.1, -0.05) is 6.07 Å². The van der Waals surface area contributed by atoms with Gasteiger partial charge in [0.15, 0.2) is 11.5 Å². The van der Waals surface area contributed by atoms with Gasteiger partial charge in [-0.15, -0.1) is 0 Å². The highest BCUT2D eigenvalue weighted by Gasteiger charge is 2.11. The standard InChI is InChI=1S/C10H12NO6S/c1-16-9-4-7(5-10(11)12)2-3-8(9)17-6-18(13,14)15/h2-4,11H,5-6H2,1H3,(H,13,14,15). The second-order valence-electron chi connectivity index (χ2n) is 3.43. The van der Waals surface area contributed by atoms with E-state index in [1.165, 1.54) is 25.3 Å². The third-order valence-electron chi connectivity index (χ3n) is 1.96. The summed E-state index contributed by atoms with van der Waals surface area (Å²) in [7, 11) is -2.89. The normalized spacial score (nSPS) is 11.0. The van der Waals surface area contributed by atoms with E-state index in [2.05, 4.69) is 0 Å². The number of amides is 1. The topological polar surface area (TPSA) is 114 Å². The average Bonchev–Trinajstić information content (AvgIpc) is 2.25. The quantitative estimate of drug-likeness (QED) is 0.745. The number of hydrogen-bond acceptors (Lipinski definition) is 5. The maximum Gasteiger partial charge on any atom is 0.300 e. The largest absolute Gasteiger partial charge is 0.493 e. The summed E-state index contributed by atoms with van der Waals surface area (Å²) < 4.78 is 39.4. The molecular weight excluding hydrogens is 262 g/mol. The maximum absolute atomic E-state index is 10.6. The molecule has 0 saturated heterocycles. The van der Waals surface area contributed by atoms with Crippen LogP contribution in [0.3, 0.4) is 0 Å². The van der Waals surface area contributed by atoms with Crippen LogP contribution in [0, 0.1) is 0 Å². The Morgan fingerprint density at radius 2 is 2.06 bits per heavy atom. The van der Waals surface area contributed by atoms with Gasteiger partial charge in [0, 0.05) is 0 Å². The van der Waals surface area contributed by atoms with Crippen molar-refractivity contribution in [3.8, 4) is 11.5 Å². The third-order valence-corrected chi connectivity index (χ3v) is 2.37. The molecule has 0 aromatic heterocycles. The van der Waals surface area contributed by atoms with E-state index in [4.69, 9.17) is 19.8 Å². The highest BCUT2D eigenvalue weighted by molar-refractivity contribution is 7.85. The van der Waals surface area contributed by atoms with E-state index < -0.39 is 22.0 Å². The number of ether oxygens (including phenoxy) is 2. The fourth-order valence-electron chi connectivity index (χ4n) is 1.26. The molecular formula is C10H12NO6S. The molecule has 99 valence electrons. The van der Waals surface area contributed by atoms with Gasteiger partial charge in [0.2, 0.25) is 11.8 Å². The Kier molecular flexibility index (Phi) is 4.51. The Morgan fingerprint density at radius 1 is 1.39 bits per heavy atom. The van der Waals surface area contributed by atoms with E-state index in [-0.39, 0.29) is 17.9 Å². The van der Waals surface area contributed by atoms with E-state index >= 15 is 0 Å². The minimum absolute atomic E-state index is 0.0745. The van der Waals surface area contributed by atoms with E-state index in [1.807, 2.05) is 0 Å². The van der Waals surface area contributed by atoms with Crippen molar-refractivity contribution < 1.29 is 27.2 Å². The zero-order valence-corrected chi connectivity index (χ0v) is 10.4. The molecule has 0 heterocycles. The molecule has 0 spiro atoms. The summed E-state index contributed by atoms with van der Waals surface area (Å²) in [4.78, 5) is 10.6. The number of nitrogens with one attached hydrogen (secondary N) is 1. The molecule has 2 N–H and O–H groups in total. The van der Waals surface area contributed by atoms with Crippen molar-refractivity contribution in [3.05, 3.63) is 23.8 Å². The molecule has 0 aliphatic rings. The lowest BCUT2D eigenvalue weighted by atomic mass is 10.1. The van der Waals surface area contributed by atoms with Crippen molar-refractivity contribution in [1.82, 2.24) is 5.73 Å². The SMILES string of the molecule is COc1cc(CC([NH])=O)ccc1OCS(=O)(=O)O. The van der Waals surface area contributed by atoms with Gasteiger partial charge in [0.1, 0.15) is 0 Å². The predicted molar refractivity (Wildman–Crippen MR) is 61.8 cm³/mol. The third kappa shape index (κ3) is 4.60. The zero-order valence-electron chi connectivity index (χ0n) is 9.54. The van der Waals surface area contributed by atoms with Gasteiger partial charge in [-0.25, -0.2) is 0 Å². The van der Waals surface area contributed by atoms with Crippen LogP contribution in [0.5, 0.6) is 11.5 Å². The van der Waals surface area contributed by atoms with Gasteiger partial charge >= 0.3 is 10.1 Å². The van der Waals surface area contributed by atoms with Crippen LogP contribution in [-0.2, 0) is 21.3 Å². The molecule has 1 aromatic rings. The molecule has 1 amide bonds. The lowest BCUT2D eigenvalue weighted by molar-refractivity contribution is -0.118. The molecule has 8 heteroatoms. The molecule has 18 heavy (non-hydrogen) atoms. The molecule has 1 radical (unpaired) electrons. The van der Waals surface area contributed by atoms with E-state index in [0.717, 1.165) is 0 Å². The Balaban J connectivity index is 2.89. The molecule has 1 rings (SSSR count). The number of carbonyl (C=O) groups excluding carboxylic acids is 1. The van der Waals surface area contributed by atoms with Crippen molar-refractivity contribution in [3.63, 3.8) is 0 Å². The van der Waals surface area contributed by atoms with Gasteiger partial charge in [0.25, 0.3) is 0 Å². The van der Waals surface area contributed by atoms with Crippen LogP contribution < -0.4 is 15.2 Å². The van der Waals surface area contributed by atoms with Gasteiger partial charge in [0.05, 0.1) is 13.5 Å². The lowest BCUT2D eigenvalue weighted by Gasteiger charge is -2.10. The summed E-state index contributed by atoms with van der Waals surface area (Å²) in [5.74, 6) is -1.29. The van der Waals surface area contributed by atoms with E-state index in [0.29, 0.717) is 5.56 Å². The van der Waals surface area contributed by atoms with Crippen molar-refractivity contribution in [2.24, 2.45) is 0 Å². The van der Waals surface area contributed by atoms with Crippen molar-refractivity contribution in [2.75, 3.05) is 13.0 Å². The lowest BCUT2D eigenvalue weighted by Crippen LogP contribution is -2.11. The first-order chi connectivity index (χ1) is 8.31. The first-order valence-corrected chi connectivity index (χ1v) is 6.42. The minimum atomic E-state index is -4.24. The average molecular weight is 274 g/mol. The summed E-state index contributed by atoms with van der Waals surface area (Å²) in [6, 6.07) is 4.38. The molecule has 0 atom stereocenters. The van der Waals surface area contributed by atoms with Crippen molar-refractivity contribution in [2.45, 2.75) is 6.42 Å². The Bertz CT molecular complexity index is 539. The highest BCUT2D eigenvalue weighted by atomic mass is 32.2. The van der Waals surface area contributed by atoms with Crippen LogP contribution >= 0.6 is 0 Å². The second kappa shape index (κ2) is 5.69. The molecule has 0 bridgehead atoms. The first-order valence-electron chi connectivity index (χ1n) is 4.81. The summed E-state index contributed by atoms with van der Waals surface area (Å²) >= 11 is 0. The van der Waals surface area contributed by atoms with E-state index in [9.17, 15) is 13.2 Å². The van der Waals surface area contributed by atoms with Crippen LogP contribution in [0.1, 0.15) is 5.56 Å². The Morgan fingerprint density at radius 3 is 2.56 bits per heavy atom. The van der Waals surface area contributed by atoms with Crippen LogP contribution in [0.4, 0.5) is 0 Å². The summed E-state index contributed by atoms with van der Waals surface area (Å²) in [6.45, 7) is 0. The monoisotopic (exact) mass is 274 g/mol. The fraction of sp³-hybridized carbons (Fsp3) is 0.300. The summed E-state index contributed by atoms with van der Waals surface area (Å²) in [5, 5.41) is 0. The zero-order chi connectivity index (χ0) is 13.8. The van der Waals surface area contributed by atoms with Crippen LogP contribution in [0.15, 0.2) is 18.2 Å². The van der Waals surface area contributed by atoms with Gasteiger partial charge in [-0.3, -0.25) is 15.1 Å². The molecule has 0 fully saturated rings. The molecule has 7 nitrogen and oxygen atoms in total. The van der Waals surface area contributed by atoms with Crippen LogP contribution in [0.2, 0.25) is 0 Å². The van der Waals surface area contributed by atoms with Gasteiger partial charge in [-0.2, -0.15) is 8.42 Å². The van der Waals surface area contributed by atoms with Crippen molar-refractivity contribution >= 4 is 16.0 Å². The molecule has 0 unspecified atom stereocenters. The number of rotatable bonds is 6. The summed E-state index contributed by atoms with van der Waals surface area (Å²) in [5.41, 5.74) is 7.38. The van der Waals surface area contributed by atoms with Crippen molar-refractivity contribution in [1.29, 1.82) is 0 Å². The predicted octanol–water partition coefficient (Wildman–Crippen LogP) is 0.271. The number of hydrogen-bond donors (Lipinski definition) is 1. The van der Waals surface area contributed by atoms with Crippen LogP contribution in [-0.4, -0.2) is 31.9 Å². The Labute approximate surface area is 104 Å². The number of methoxy groups -OCH3 is 1. The number of benzene rings is 1. The fourth-order valence-corrected chi connectivity index (χ4v) is 1.54. The first kappa shape index (κ1) is 14.3. The molecule has 1 aromatic carbocycles. The second-order valence-corrected chi connectivity index (χ2v) is 4.83. The molecule has 0 saturated carbocycles. The minimum Gasteiger partial charge on any atom is -0.493 e. The van der Waals surface area contributed by atoms with Crippen LogP contribution in [0.25, 0.3) is 0 Å². The molecule has 0 aliphatic carbocycles. The highest BCUT2D eigenvalue weighted by Crippen LogP contribution is 2.28. The van der Waals surface area contributed by atoms with Gasteiger partial charge in [-0.05, 0) is 17.7 Å². The summed E-state index contributed by atoms with van der Waals surface area (Å²) in [6.07, 6.45) is -0.0745. The maximum atomic E-state index is 10.6. The molecule has 0 aliphatic heterocycles. The number of carbonyl (C=O) groups is 1. The van der Waals surface area contributed by atoms with E-state index in [1.54, 1.807) is 0 Å². The van der Waals surface area contributed by atoms with Gasteiger partial charge < -0.3 is 9.47 Å². The Hall–Kier alpha value is -1.80. The smallest absolute Gasteiger partial charge is 0.300 e.